The molecule has 0 aliphatic carbocycles. The van der Waals surface area contributed by atoms with Gasteiger partial charge in [0.15, 0.2) is 0 Å². The van der Waals surface area contributed by atoms with Crippen molar-refractivity contribution in [3.63, 3.8) is 0 Å². The predicted molar refractivity (Wildman–Crippen MR) is 34.8 cm³/mol. The standard InChI is InChI=1S/C4H5BN5.Er/c1-7-4-9-2-8-3(5-6)10-4;/h6H,1H3,(H,7,8,9,10);/q-1;. The zero-order valence-electron chi connectivity index (χ0n) is 5.71. The van der Waals surface area contributed by atoms with Crippen molar-refractivity contribution < 1.29 is 37.3 Å². The van der Waals surface area contributed by atoms with Crippen molar-refractivity contribution in [2.45, 2.75) is 0 Å². The molecule has 1 aromatic rings. The number of nitrogens with zero attached hydrogens (tertiary/aromatic N) is 3. The summed E-state index contributed by atoms with van der Waals surface area (Å²) in [5, 5.41) is 6.81. The first-order chi connectivity index (χ1) is 4.86. The third-order valence-electron chi connectivity index (χ3n) is 0.915. The van der Waals surface area contributed by atoms with Gasteiger partial charge in [-0.25, -0.2) is 0 Å². The second kappa shape index (κ2) is 5.56. The smallest absolute Gasteiger partial charge is 0 e. The monoisotopic (exact) mass is 300 g/mol. The fourth-order valence-corrected chi connectivity index (χ4v) is 0.471. The van der Waals surface area contributed by atoms with E-state index in [1.165, 1.54) is 0 Å². The van der Waals surface area contributed by atoms with E-state index in [-0.39, 0.29) is 37.3 Å². The minimum Gasteiger partial charge on any atom is 0 e. The second-order valence-electron chi connectivity index (χ2n) is 1.53. The molecule has 0 aromatic carbocycles. The van der Waals surface area contributed by atoms with Crippen molar-refractivity contribution in [3.8, 4) is 0 Å². The minimum atomic E-state index is 0. The van der Waals surface area contributed by atoms with Crippen molar-refractivity contribution in [2.75, 3.05) is 7.05 Å². The fourth-order valence-electron chi connectivity index (χ4n) is 0.471. The van der Waals surface area contributed by atoms with Crippen molar-refractivity contribution >= 4 is 12.8 Å². The first-order valence-corrected chi connectivity index (χ1v) is 2.64. The quantitative estimate of drug-likeness (QED) is 0.475. The molecule has 0 aliphatic rings. The van der Waals surface area contributed by atoms with Crippen LogP contribution in [0.1, 0.15) is 0 Å². The van der Waals surface area contributed by atoms with Gasteiger partial charge >= 0.3 is 57.0 Å². The molecule has 0 amide bonds. The molecule has 7 heteroatoms. The largest absolute Gasteiger partial charge is 0 e. The average molecular weight is 301 g/mol. The number of hydrogen-bond donors (Lipinski definition) is 2. The van der Waals surface area contributed by atoms with Gasteiger partial charge in [0.1, 0.15) is 0 Å². The van der Waals surface area contributed by atoms with E-state index in [4.69, 9.17) is 5.31 Å². The van der Waals surface area contributed by atoms with Crippen molar-refractivity contribution in [3.05, 3.63) is 11.9 Å². The number of rotatable bonds is 1. The van der Waals surface area contributed by atoms with E-state index in [1.54, 1.807) is 7.05 Å². The van der Waals surface area contributed by atoms with Crippen LogP contribution in [0, 0.1) is 48.9 Å². The van der Waals surface area contributed by atoms with Crippen molar-refractivity contribution in [2.24, 2.45) is 4.99 Å². The van der Waals surface area contributed by atoms with Gasteiger partial charge in [0.2, 0.25) is 0 Å². The van der Waals surface area contributed by atoms with Crippen LogP contribution in [0.2, 0.25) is 0 Å². The van der Waals surface area contributed by atoms with Gasteiger partial charge in [0.25, 0.3) is 0 Å². The maximum atomic E-state index is 6.81. The topological polar surface area (TPSA) is 77.8 Å². The van der Waals surface area contributed by atoms with E-state index in [2.05, 4.69) is 26.3 Å². The SMILES string of the molecule is CN=c1n[c-]nc(B=N)[nH]1.[Er]. The summed E-state index contributed by atoms with van der Waals surface area (Å²) in [6, 6.07) is 0. The summed E-state index contributed by atoms with van der Waals surface area (Å²) >= 11 is 0. The third-order valence-corrected chi connectivity index (χ3v) is 0.915. The fraction of sp³-hybridized carbons (Fsp3) is 0.250. The number of aromatic amines is 1. The molecular formula is C4H5BErN5-. The molecule has 0 fully saturated rings. The molecule has 1 rings (SSSR count). The Kier molecular flexibility index (Phi) is 5.52. The first-order valence-electron chi connectivity index (χ1n) is 2.64. The minimum absolute atomic E-state index is 0. The van der Waals surface area contributed by atoms with Crippen LogP contribution < -0.4 is 11.3 Å². The Labute approximate surface area is 93.7 Å². The molecular weight excluding hydrogens is 296 g/mol. The Bertz CT molecular complexity index is 295. The zero-order valence-corrected chi connectivity index (χ0v) is 7.56. The van der Waals surface area contributed by atoms with Gasteiger partial charge in [-0.3, -0.25) is 0 Å². The molecule has 0 aliphatic heterocycles. The van der Waals surface area contributed by atoms with Gasteiger partial charge in [-0.15, -0.1) is 0 Å². The number of hydrogen-bond acceptors (Lipinski definition) is 4. The summed E-state index contributed by atoms with van der Waals surface area (Å²) in [6.07, 6.45) is 2.36. The molecule has 1 aromatic heterocycles. The van der Waals surface area contributed by atoms with Gasteiger partial charge in [0.05, 0.1) is 0 Å². The molecule has 0 bridgehead atoms. The summed E-state index contributed by atoms with van der Waals surface area (Å²) in [7, 11) is 2.67. The average Bonchev–Trinajstić information content (AvgIpc) is 2.05. The van der Waals surface area contributed by atoms with E-state index in [0.717, 1.165) is 7.07 Å². The molecule has 11 heavy (non-hydrogen) atoms. The third kappa shape index (κ3) is 3.21. The van der Waals surface area contributed by atoms with E-state index in [1.807, 2.05) is 0 Å². The van der Waals surface area contributed by atoms with Crippen LogP contribution in [0.25, 0.3) is 0 Å². The van der Waals surface area contributed by atoms with Gasteiger partial charge in [-0.05, 0) is 0 Å². The van der Waals surface area contributed by atoms with Crippen LogP contribution in [0.3, 0.4) is 0 Å². The van der Waals surface area contributed by atoms with Crippen LogP contribution in [0.4, 0.5) is 0 Å². The van der Waals surface area contributed by atoms with Gasteiger partial charge in [0, 0.05) is 37.3 Å². The van der Waals surface area contributed by atoms with E-state index < -0.39 is 0 Å². The van der Waals surface area contributed by atoms with Crippen molar-refractivity contribution in [1.29, 1.82) is 5.31 Å². The first kappa shape index (κ1) is 10.9. The summed E-state index contributed by atoms with van der Waals surface area (Å²) in [5.74, 6) is 0. The molecule has 0 unspecified atom stereocenters. The summed E-state index contributed by atoms with van der Waals surface area (Å²) in [6.45, 7) is 0. The molecule has 0 saturated heterocycles. The van der Waals surface area contributed by atoms with E-state index >= 15 is 0 Å². The molecule has 62 valence electrons. The van der Waals surface area contributed by atoms with Gasteiger partial charge in [-0.1, -0.05) is 0 Å². The summed E-state index contributed by atoms with van der Waals surface area (Å²) < 4.78 is 0. The number of H-pyrrole nitrogens is 1. The second-order valence-corrected chi connectivity index (χ2v) is 1.53. The molecule has 2 N–H and O–H groups in total. The molecule has 5 nitrogen and oxygen atoms in total. The molecule has 0 atom stereocenters. The van der Waals surface area contributed by atoms with Gasteiger partial charge in [-0.2, -0.15) is 0 Å². The number of aromatic nitrogens is 3. The van der Waals surface area contributed by atoms with Crippen LogP contribution >= 0.6 is 0 Å². The number of nitrogens with one attached hydrogen (secondary N) is 2. The maximum Gasteiger partial charge on any atom is 0 e. The van der Waals surface area contributed by atoms with E-state index in [9.17, 15) is 0 Å². The Hall–Kier alpha value is -0.0783. The zero-order chi connectivity index (χ0) is 7.40. The summed E-state index contributed by atoms with van der Waals surface area (Å²) in [5.41, 5.74) is 0.823. The molecule has 0 spiro atoms. The molecule has 1 heterocycles. The Morgan fingerprint density at radius 1 is 1.64 bits per heavy atom. The van der Waals surface area contributed by atoms with Crippen LogP contribution in [-0.4, -0.2) is 29.1 Å². The van der Waals surface area contributed by atoms with Crippen LogP contribution in [0.15, 0.2) is 4.99 Å². The Morgan fingerprint density at radius 3 is 2.91 bits per heavy atom. The van der Waals surface area contributed by atoms with Crippen LogP contribution in [-0.2, 0) is 0 Å². The Morgan fingerprint density at radius 2 is 2.36 bits per heavy atom. The molecule has 0 radical (unpaired) electrons. The van der Waals surface area contributed by atoms with Crippen molar-refractivity contribution in [1.82, 2.24) is 15.0 Å². The normalized spacial score (nSPS) is 10.1. The maximum absolute atomic E-state index is 6.81. The Balaban J connectivity index is 0.000001000. The van der Waals surface area contributed by atoms with E-state index in [0.29, 0.717) is 11.3 Å². The van der Waals surface area contributed by atoms with Crippen LogP contribution in [0.5, 0.6) is 0 Å². The van der Waals surface area contributed by atoms with Gasteiger partial charge < -0.3 is 0 Å². The summed E-state index contributed by atoms with van der Waals surface area (Å²) in [4.78, 5) is 13.7. The predicted octanol–water partition coefficient (Wildman–Crippen LogP) is -1.77. The molecule has 0 saturated carbocycles.